The molecule has 1 atom stereocenters. The maximum absolute atomic E-state index is 10.2. The molecule has 114 valence electrons. The predicted molar refractivity (Wildman–Crippen MR) is 78.1 cm³/mol. The van der Waals surface area contributed by atoms with E-state index in [4.69, 9.17) is 9.47 Å². The summed E-state index contributed by atoms with van der Waals surface area (Å²) in [6, 6.07) is 0. The first-order valence-electron chi connectivity index (χ1n) is 7.35. The van der Waals surface area contributed by atoms with Crippen molar-refractivity contribution in [2.45, 2.75) is 58.0 Å². The number of unbranched alkanes of at least 4 members (excludes halogenated alkanes) is 5. The summed E-state index contributed by atoms with van der Waals surface area (Å²) in [6.45, 7) is 2.21. The number of ether oxygens (including phenoxy) is 2. The van der Waals surface area contributed by atoms with Gasteiger partial charge in [-0.1, -0.05) is 45.4 Å². The van der Waals surface area contributed by atoms with Crippen LogP contribution in [-0.2, 0) is 0 Å². The van der Waals surface area contributed by atoms with Gasteiger partial charge in [0.15, 0.2) is 0 Å². The van der Waals surface area contributed by atoms with Gasteiger partial charge in [-0.25, -0.2) is 4.98 Å². The number of aliphatic hydroxyl groups excluding tert-OH is 1. The molecule has 1 aromatic heterocycles. The Morgan fingerprint density at radius 3 is 2.45 bits per heavy atom. The summed E-state index contributed by atoms with van der Waals surface area (Å²) in [7, 11) is 3.04. The van der Waals surface area contributed by atoms with Crippen molar-refractivity contribution in [3.63, 3.8) is 0 Å². The Kier molecular flexibility index (Phi) is 7.95. The minimum absolute atomic E-state index is 0.336. The summed E-state index contributed by atoms with van der Waals surface area (Å²) in [4.78, 5) is 8.32. The topological polar surface area (TPSA) is 64.5 Å². The Hall–Kier alpha value is -1.36. The number of rotatable bonds is 10. The normalized spacial score (nSPS) is 12.2. The highest BCUT2D eigenvalue weighted by Gasteiger charge is 2.17. The van der Waals surface area contributed by atoms with Crippen LogP contribution in [0.5, 0.6) is 11.8 Å². The van der Waals surface area contributed by atoms with Crippen LogP contribution in [0.3, 0.4) is 0 Å². The lowest BCUT2D eigenvalue weighted by Crippen LogP contribution is -2.06. The molecule has 0 saturated heterocycles. The first-order chi connectivity index (χ1) is 9.72. The Morgan fingerprint density at radius 1 is 1.10 bits per heavy atom. The van der Waals surface area contributed by atoms with E-state index in [2.05, 4.69) is 16.9 Å². The van der Waals surface area contributed by atoms with Crippen molar-refractivity contribution in [2.75, 3.05) is 14.2 Å². The van der Waals surface area contributed by atoms with E-state index < -0.39 is 6.10 Å². The second kappa shape index (κ2) is 9.53. The largest absolute Gasteiger partial charge is 0.480 e. The van der Waals surface area contributed by atoms with Crippen molar-refractivity contribution in [2.24, 2.45) is 0 Å². The highest BCUT2D eigenvalue weighted by molar-refractivity contribution is 5.24. The molecule has 5 nitrogen and oxygen atoms in total. The van der Waals surface area contributed by atoms with Gasteiger partial charge in [0.2, 0.25) is 11.8 Å². The zero-order valence-electron chi connectivity index (χ0n) is 12.8. The lowest BCUT2D eigenvalue weighted by atomic mass is 10.1. The van der Waals surface area contributed by atoms with Crippen LogP contribution in [0.1, 0.15) is 63.7 Å². The van der Waals surface area contributed by atoms with Gasteiger partial charge < -0.3 is 14.6 Å². The molecular weight excluding hydrogens is 256 g/mol. The molecule has 0 bridgehead atoms. The quantitative estimate of drug-likeness (QED) is 0.667. The van der Waals surface area contributed by atoms with E-state index in [1.165, 1.54) is 46.1 Å². The lowest BCUT2D eigenvalue weighted by molar-refractivity contribution is 0.152. The minimum atomic E-state index is -0.630. The van der Waals surface area contributed by atoms with Crippen LogP contribution in [0, 0.1) is 0 Å². The van der Waals surface area contributed by atoms with Gasteiger partial charge in [0.25, 0.3) is 0 Å². The molecular formula is C15H26N2O3. The molecule has 1 rings (SSSR count). The van der Waals surface area contributed by atoms with E-state index in [9.17, 15) is 5.11 Å². The summed E-state index contributed by atoms with van der Waals surface area (Å²) in [5.74, 6) is 0.722. The Bertz CT molecular complexity index is 385. The predicted octanol–water partition coefficient (Wildman–Crippen LogP) is 3.28. The molecule has 0 amide bonds. The van der Waals surface area contributed by atoms with Gasteiger partial charge >= 0.3 is 0 Å². The van der Waals surface area contributed by atoms with Crippen LogP contribution >= 0.6 is 0 Å². The molecule has 0 aliphatic carbocycles. The fourth-order valence-electron chi connectivity index (χ4n) is 2.10. The van der Waals surface area contributed by atoms with Crippen molar-refractivity contribution in [3.8, 4) is 11.8 Å². The Balaban J connectivity index is 2.44. The molecule has 1 unspecified atom stereocenters. The van der Waals surface area contributed by atoms with Gasteiger partial charge in [-0.2, -0.15) is 4.98 Å². The van der Waals surface area contributed by atoms with Crippen molar-refractivity contribution in [1.29, 1.82) is 0 Å². The van der Waals surface area contributed by atoms with Gasteiger partial charge in [0.1, 0.15) is 11.8 Å². The molecule has 1 aromatic rings. The monoisotopic (exact) mass is 282 g/mol. The first-order valence-corrected chi connectivity index (χ1v) is 7.35. The van der Waals surface area contributed by atoms with E-state index in [1.807, 2.05) is 0 Å². The summed E-state index contributed by atoms with van der Waals surface area (Å²) >= 11 is 0. The maximum Gasteiger partial charge on any atom is 0.241 e. The van der Waals surface area contributed by atoms with E-state index in [-0.39, 0.29) is 0 Å². The third kappa shape index (κ3) is 5.33. The molecule has 0 radical (unpaired) electrons. The zero-order valence-corrected chi connectivity index (χ0v) is 12.8. The molecule has 20 heavy (non-hydrogen) atoms. The number of hydrogen-bond donors (Lipinski definition) is 1. The summed E-state index contributed by atoms with van der Waals surface area (Å²) < 4.78 is 10.1. The SMILES string of the molecule is CCCCCCCCC(O)c1ncc(OC)nc1OC. The van der Waals surface area contributed by atoms with Crippen LogP contribution < -0.4 is 9.47 Å². The molecule has 0 aliphatic heterocycles. The number of methoxy groups -OCH3 is 2. The van der Waals surface area contributed by atoms with Crippen molar-refractivity contribution in [3.05, 3.63) is 11.9 Å². The third-order valence-electron chi connectivity index (χ3n) is 3.29. The van der Waals surface area contributed by atoms with Gasteiger partial charge in [0, 0.05) is 0 Å². The zero-order chi connectivity index (χ0) is 14.8. The van der Waals surface area contributed by atoms with Gasteiger partial charge in [-0.3, -0.25) is 0 Å². The molecule has 0 fully saturated rings. The summed E-state index contributed by atoms with van der Waals surface area (Å²) in [5.41, 5.74) is 0.488. The molecule has 0 saturated carbocycles. The Labute approximate surface area is 121 Å². The fourth-order valence-corrected chi connectivity index (χ4v) is 2.10. The van der Waals surface area contributed by atoms with Crippen molar-refractivity contribution < 1.29 is 14.6 Å². The molecule has 0 spiro atoms. The van der Waals surface area contributed by atoms with Crippen LogP contribution in [0.4, 0.5) is 0 Å². The molecule has 0 aliphatic rings. The average molecular weight is 282 g/mol. The minimum Gasteiger partial charge on any atom is -0.480 e. The van der Waals surface area contributed by atoms with E-state index in [1.54, 1.807) is 0 Å². The maximum atomic E-state index is 10.2. The highest BCUT2D eigenvalue weighted by Crippen LogP contribution is 2.26. The van der Waals surface area contributed by atoms with Crippen LogP contribution in [0.25, 0.3) is 0 Å². The summed E-state index contributed by atoms with van der Waals surface area (Å²) in [5, 5.41) is 10.2. The number of aliphatic hydroxyl groups is 1. The van der Waals surface area contributed by atoms with E-state index in [0.29, 0.717) is 23.9 Å². The summed E-state index contributed by atoms with van der Waals surface area (Å²) in [6.07, 6.45) is 8.73. The van der Waals surface area contributed by atoms with Gasteiger partial charge in [0.05, 0.1) is 20.4 Å². The third-order valence-corrected chi connectivity index (χ3v) is 3.29. The van der Waals surface area contributed by atoms with Crippen LogP contribution in [0.15, 0.2) is 6.20 Å². The fraction of sp³-hybridized carbons (Fsp3) is 0.733. The second-order valence-electron chi connectivity index (χ2n) is 4.88. The average Bonchev–Trinajstić information content (AvgIpc) is 2.49. The van der Waals surface area contributed by atoms with E-state index in [0.717, 1.165) is 12.8 Å². The number of nitrogens with zero attached hydrogens (tertiary/aromatic N) is 2. The number of aromatic nitrogens is 2. The molecule has 1 heterocycles. The second-order valence-corrected chi connectivity index (χ2v) is 4.88. The highest BCUT2D eigenvalue weighted by atomic mass is 16.5. The first kappa shape index (κ1) is 16.7. The van der Waals surface area contributed by atoms with Gasteiger partial charge in [-0.15, -0.1) is 0 Å². The standard InChI is InChI=1S/C15H26N2O3/c1-4-5-6-7-8-9-10-12(18)14-15(20-3)17-13(19-2)11-16-14/h11-12,18H,4-10H2,1-3H3. The molecule has 0 aromatic carbocycles. The molecule has 5 heteroatoms. The number of hydrogen-bond acceptors (Lipinski definition) is 5. The van der Waals surface area contributed by atoms with Crippen molar-refractivity contribution >= 4 is 0 Å². The van der Waals surface area contributed by atoms with Crippen LogP contribution in [0.2, 0.25) is 0 Å². The lowest BCUT2D eigenvalue weighted by Gasteiger charge is -2.13. The van der Waals surface area contributed by atoms with E-state index >= 15 is 0 Å². The van der Waals surface area contributed by atoms with Gasteiger partial charge in [-0.05, 0) is 6.42 Å². The Morgan fingerprint density at radius 2 is 1.80 bits per heavy atom. The smallest absolute Gasteiger partial charge is 0.241 e. The van der Waals surface area contributed by atoms with Crippen molar-refractivity contribution in [1.82, 2.24) is 9.97 Å². The molecule has 1 N–H and O–H groups in total. The van der Waals surface area contributed by atoms with Crippen LogP contribution in [-0.4, -0.2) is 29.3 Å².